The van der Waals surface area contributed by atoms with Gasteiger partial charge in [0.2, 0.25) is 6.79 Å². The number of esters is 1. The molecule has 3 rings (SSSR count). The van der Waals surface area contributed by atoms with E-state index in [2.05, 4.69) is 5.32 Å². The second-order valence-electron chi connectivity index (χ2n) is 4.94. The molecule has 1 amide bonds. The van der Waals surface area contributed by atoms with E-state index in [0.717, 1.165) is 0 Å². The Morgan fingerprint density at radius 1 is 1.21 bits per heavy atom. The average Bonchev–Trinajstić information content (AvgIpc) is 3.22. The highest BCUT2D eigenvalue weighted by Crippen LogP contribution is 2.37. The van der Waals surface area contributed by atoms with Gasteiger partial charge in [-0.25, -0.2) is 4.79 Å². The van der Waals surface area contributed by atoms with Gasteiger partial charge < -0.3 is 23.9 Å². The Labute approximate surface area is 136 Å². The minimum Gasteiger partial charge on any atom is -0.472 e. The highest BCUT2D eigenvalue weighted by atomic mass is 16.7. The van der Waals surface area contributed by atoms with Crippen LogP contribution in [-0.4, -0.2) is 31.1 Å². The number of benzene rings is 1. The van der Waals surface area contributed by atoms with Crippen molar-refractivity contribution in [3.05, 3.63) is 41.9 Å². The first kappa shape index (κ1) is 15.6. The van der Waals surface area contributed by atoms with E-state index in [0.29, 0.717) is 11.5 Å². The maximum atomic E-state index is 12.0. The SMILES string of the molecule is CC(=O)c1cc2c(cc1NC(=O)COC(=O)c1ccoc1)OCO2. The van der Waals surface area contributed by atoms with Crippen LogP contribution in [0.2, 0.25) is 0 Å². The fourth-order valence-electron chi connectivity index (χ4n) is 2.12. The summed E-state index contributed by atoms with van der Waals surface area (Å²) in [4.78, 5) is 35.3. The molecular formula is C16H13NO7. The van der Waals surface area contributed by atoms with E-state index in [1.807, 2.05) is 0 Å². The number of carbonyl (C=O) groups excluding carboxylic acids is 3. The Bertz CT molecular complexity index is 795. The van der Waals surface area contributed by atoms with Crippen LogP contribution in [0.4, 0.5) is 5.69 Å². The number of hydrogen-bond acceptors (Lipinski definition) is 7. The van der Waals surface area contributed by atoms with E-state index < -0.39 is 18.5 Å². The Balaban J connectivity index is 1.68. The molecule has 0 unspecified atom stereocenters. The number of ether oxygens (including phenoxy) is 3. The zero-order valence-electron chi connectivity index (χ0n) is 12.7. The first-order chi connectivity index (χ1) is 11.5. The summed E-state index contributed by atoms with van der Waals surface area (Å²) in [6, 6.07) is 4.42. The van der Waals surface area contributed by atoms with Crippen LogP contribution in [-0.2, 0) is 9.53 Å². The highest BCUT2D eigenvalue weighted by Gasteiger charge is 2.21. The molecule has 1 aromatic carbocycles. The van der Waals surface area contributed by atoms with E-state index in [9.17, 15) is 14.4 Å². The summed E-state index contributed by atoms with van der Waals surface area (Å²) in [6.45, 7) is 0.911. The van der Waals surface area contributed by atoms with Gasteiger partial charge in [0.05, 0.1) is 17.5 Å². The Morgan fingerprint density at radius 2 is 1.96 bits per heavy atom. The van der Waals surface area contributed by atoms with Crippen molar-refractivity contribution in [3.8, 4) is 11.5 Å². The monoisotopic (exact) mass is 331 g/mol. The molecule has 0 spiro atoms. The van der Waals surface area contributed by atoms with Gasteiger partial charge in [-0.15, -0.1) is 0 Å². The zero-order valence-corrected chi connectivity index (χ0v) is 12.7. The summed E-state index contributed by atoms with van der Waals surface area (Å²) in [6.07, 6.45) is 2.54. The summed E-state index contributed by atoms with van der Waals surface area (Å²) in [5.74, 6) is -0.668. The predicted molar refractivity (Wildman–Crippen MR) is 80.2 cm³/mol. The number of carbonyl (C=O) groups is 3. The predicted octanol–water partition coefficient (Wildman–Crippen LogP) is 2.01. The molecule has 0 saturated carbocycles. The molecule has 1 aliphatic rings. The van der Waals surface area contributed by atoms with E-state index >= 15 is 0 Å². The molecular weight excluding hydrogens is 318 g/mol. The number of anilines is 1. The van der Waals surface area contributed by atoms with Gasteiger partial charge in [-0.05, 0) is 19.1 Å². The third kappa shape index (κ3) is 3.22. The molecule has 8 heteroatoms. The normalized spacial score (nSPS) is 11.9. The van der Waals surface area contributed by atoms with Crippen LogP contribution < -0.4 is 14.8 Å². The van der Waals surface area contributed by atoms with E-state index in [-0.39, 0.29) is 29.4 Å². The van der Waals surface area contributed by atoms with Crippen molar-refractivity contribution in [2.45, 2.75) is 6.92 Å². The second kappa shape index (κ2) is 6.45. The number of Topliss-reactive ketones (excluding diaryl/α,β-unsaturated/α-hetero) is 1. The van der Waals surface area contributed by atoms with Gasteiger partial charge in [-0.2, -0.15) is 0 Å². The molecule has 0 atom stereocenters. The number of nitrogens with one attached hydrogen (secondary N) is 1. The molecule has 2 heterocycles. The quantitative estimate of drug-likeness (QED) is 0.660. The average molecular weight is 331 g/mol. The standard InChI is InChI=1S/C16H13NO7/c1-9(18)11-4-13-14(24-8-23-13)5-12(11)17-15(19)7-22-16(20)10-2-3-21-6-10/h2-6H,7-8H2,1H3,(H,17,19). The van der Waals surface area contributed by atoms with Gasteiger partial charge in [-0.3, -0.25) is 9.59 Å². The molecule has 24 heavy (non-hydrogen) atoms. The van der Waals surface area contributed by atoms with Crippen LogP contribution >= 0.6 is 0 Å². The molecule has 8 nitrogen and oxygen atoms in total. The van der Waals surface area contributed by atoms with Crippen LogP contribution in [0.25, 0.3) is 0 Å². The Hall–Kier alpha value is -3.29. The largest absolute Gasteiger partial charge is 0.472 e. The summed E-state index contributed by atoms with van der Waals surface area (Å²) in [5.41, 5.74) is 0.736. The van der Waals surface area contributed by atoms with Gasteiger partial charge in [0.15, 0.2) is 23.9 Å². The lowest BCUT2D eigenvalue weighted by atomic mass is 10.1. The molecule has 2 aromatic rings. The van der Waals surface area contributed by atoms with E-state index in [1.54, 1.807) is 0 Å². The van der Waals surface area contributed by atoms with Gasteiger partial charge in [0.25, 0.3) is 5.91 Å². The van der Waals surface area contributed by atoms with Crippen molar-refractivity contribution in [3.63, 3.8) is 0 Å². The lowest BCUT2D eigenvalue weighted by Crippen LogP contribution is -2.21. The second-order valence-corrected chi connectivity index (χ2v) is 4.94. The van der Waals surface area contributed by atoms with Crippen molar-refractivity contribution in [1.82, 2.24) is 0 Å². The molecule has 1 N–H and O–H groups in total. The van der Waals surface area contributed by atoms with Crippen LogP contribution in [0.3, 0.4) is 0 Å². The van der Waals surface area contributed by atoms with Crippen molar-refractivity contribution in [2.24, 2.45) is 0 Å². The summed E-state index contributed by atoms with van der Waals surface area (Å²) >= 11 is 0. The van der Waals surface area contributed by atoms with Gasteiger partial charge in [0.1, 0.15) is 6.26 Å². The number of rotatable bonds is 5. The smallest absolute Gasteiger partial charge is 0.341 e. The third-order valence-electron chi connectivity index (χ3n) is 3.26. The molecule has 0 fully saturated rings. The fourth-order valence-corrected chi connectivity index (χ4v) is 2.12. The number of hydrogen-bond donors (Lipinski definition) is 1. The highest BCUT2D eigenvalue weighted by molar-refractivity contribution is 6.05. The summed E-state index contributed by atoms with van der Waals surface area (Å²) in [7, 11) is 0. The minimum absolute atomic E-state index is 0.0480. The fraction of sp³-hybridized carbons (Fsp3) is 0.188. The molecule has 0 aliphatic carbocycles. The Morgan fingerprint density at radius 3 is 2.62 bits per heavy atom. The molecule has 0 bridgehead atoms. The summed E-state index contributed by atoms with van der Waals surface area (Å²) in [5, 5.41) is 2.53. The van der Waals surface area contributed by atoms with Crippen molar-refractivity contribution in [1.29, 1.82) is 0 Å². The van der Waals surface area contributed by atoms with E-state index in [4.69, 9.17) is 18.6 Å². The van der Waals surface area contributed by atoms with Crippen LogP contribution in [0.5, 0.6) is 11.5 Å². The lowest BCUT2D eigenvalue weighted by molar-refractivity contribution is -0.119. The van der Waals surface area contributed by atoms with Crippen LogP contribution in [0, 0.1) is 0 Å². The lowest BCUT2D eigenvalue weighted by Gasteiger charge is -2.10. The maximum absolute atomic E-state index is 12.0. The van der Waals surface area contributed by atoms with Crippen LogP contribution in [0.15, 0.2) is 35.1 Å². The van der Waals surface area contributed by atoms with Crippen LogP contribution in [0.1, 0.15) is 27.6 Å². The number of amides is 1. The van der Waals surface area contributed by atoms with E-state index in [1.165, 1.54) is 37.6 Å². The first-order valence-electron chi connectivity index (χ1n) is 6.98. The Kier molecular flexibility index (Phi) is 4.19. The van der Waals surface area contributed by atoms with Gasteiger partial charge in [-0.1, -0.05) is 0 Å². The molecule has 1 aromatic heterocycles. The molecule has 0 saturated heterocycles. The number of fused-ring (bicyclic) bond motifs is 1. The number of ketones is 1. The topological polar surface area (TPSA) is 104 Å². The molecule has 124 valence electrons. The molecule has 1 aliphatic heterocycles. The minimum atomic E-state index is -0.684. The first-order valence-corrected chi connectivity index (χ1v) is 6.98. The number of furan rings is 1. The maximum Gasteiger partial charge on any atom is 0.341 e. The van der Waals surface area contributed by atoms with Gasteiger partial charge in [0, 0.05) is 11.6 Å². The third-order valence-corrected chi connectivity index (χ3v) is 3.26. The van der Waals surface area contributed by atoms with Crippen molar-refractivity contribution in [2.75, 3.05) is 18.7 Å². The summed E-state index contributed by atoms with van der Waals surface area (Å²) < 4.78 is 20.0. The zero-order chi connectivity index (χ0) is 17.1. The van der Waals surface area contributed by atoms with Gasteiger partial charge >= 0.3 is 5.97 Å². The van der Waals surface area contributed by atoms with Crippen molar-refractivity contribution >= 4 is 23.3 Å². The van der Waals surface area contributed by atoms with Crippen molar-refractivity contribution < 1.29 is 33.0 Å². The molecule has 0 radical (unpaired) electrons.